The zero-order valence-corrected chi connectivity index (χ0v) is 69.4. The molecule has 3 aromatic rings. The number of anilines is 1. The van der Waals surface area contributed by atoms with Gasteiger partial charge in [0.1, 0.15) is 129 Å². The van der Waals surface area contributed by atoms with Crippen molar-refractivity contribution < 1.29 is 147 Å². The zero-order chi connectivity index (χ0) is 83.8. The molecule has 6 saturated heterocycles. The third kappa shape index (κ3) is 20.3. The molecule has 0 spiro atoms. The fourth-order valence-electron chi connectivity index (χ4n) is 17.1. The van der Waals surface area contributed by atoms with Crippen molar-refractivity contribution in [1.82, 2.24) is 16.0 Å². The summed E-state index contributed by atoms with van der Waals surface area (Å²) in [7, 11) is 23.4. The third-order valence-electron chi connectivity index (χ3n) is 22.6. The summed E-state index contributed by atoms with van der Waals surface area (Å²) in [6.45, 7) is 4.79. The number of hydrogen-bond acceptors (Lipinski definition) is 34. The second kappa shape index (κ2) is 43.6. The molecule has 37 nitrogen and oxygen atoms in total. The van der Waals surface area contributed by atoms with Crippen molar-refractivity contribution in [3.05, 3.63) is 85.7 Å². The van der Waals surface area contributed by atoms with Gasteiger partial charge in [0, 0.05) is 145 Å². The number of fused-ring (bicyclic) bond motifs is 3. The molecule has 4 N–H and O–H groups in total. The van der Waals surface area contributed by atoms with E-state index in [0.717, 1.165) is 22.3 Å². The maximum absolute atomic E-state index is 14.2. The molecule has 30 atom stereocenters. The highest BCUT2D eigenvalue weighted by Gasteiger charge is 2.59. The Labute approximate surface area is 675 Å². The molecule has 6 fully saturated rings. The summed E-state index contributed by atoms with van der Waals surface area (Å²) in [6, 6.07) is 14.6. The van der Waals surface area contributed by atoms with E-state index in [1.807, 2.05) is 36.4 Å². The van der Waals surface area contributed by atoms with Crippen LogP contribution in [0.2, 0.25) is 0 Å². The lowest BCUT2D eigenvalue weighted by Crippen LogP contribution is -2.69. The average molecular weight is 1650 g/mol. The maximum atomic E-state index is 14.2. The normalized spacial score (nSPS) is 36.0. The van der Waals surface area contributed by atoms with Gasteiger partial charge in [0.25, 0.3) is 0 Å². The summed E-state index contributed by atoms with van der Waals surface area (Å²) in [5, 5.41) is 11.9. The SMILES string of the molecule is COCC1OC(NC(=O)CCc2c(N[C@@H]3C(C)OC(OC4C(COC)OC(OC5C(COC)OC(NC(=O)CCC(=O)OCC6c7ccccc7-c7ccccc76)C(OC)C5OC)C(OC)C4OC)C(OC)C3OC)c(=O)c2=O)C(OC)C(OC)C1OC1OC(COC)C(OC2OC(C)[C@@H](NC(C)=O)C(OC)C2OC)C(OC)C1OC. The molecule has 1 aliphatic carbocycles. The minimum Gasteiger partial charge on any atom is -0.465 e. The van der Waals surface area contributed by atoms with Crippen LogP contribution in [0.5, 0.6) is 0 Å². The third-order valence-corrected chi connectivity index (χ3v) is 22.6. The molecule has 37 heteroatoms. The first-order valence-corrected chi connectivity index (χ1v) is 38.7. The van der Waals surface area contributed by atoms with Crippen molar-refractivity contribution in [1.29, 1.82) is 0 Å². The second-order valence-corrected chi connectivity index (χ2v) is 29.3. The number of amides is 3. The molecule has 10 rings (SSSR count). The van der Waals surface area contributed by atoms with E-state index < -0.39 is 213 Å². The van der Waals surface area contributed by atoms with Crippen LogP contribution in [0.1, 0.15) is 62.6 Å². The summed E-state index contributed by atoms with van der Waals surface area (Å²) in [5.74, 6) is -2.06. The molecule has 0 saturated carbocycles. The zero-order valence-electron chi connectivity index (χ0n) is 69.4. The number of ether oxygens (including phenoxy) is 27. The van der Waals surface area contributed by atoms with Crippen LogP contribution in [-0.2, 0) is 153 Å². The van der Waals surface area contributed by atoms with E-state index in [1.54, 1.807) is 13.8 Å². The van der Waals surface area contributed by atoms with E-state index in [9.17, 15) is 28.8 Å². The van der Waals surface area contributed by atoms with Gasteiger partial charge in [-0.15, -0.1) is 0 Å². The van der Waals surface area contributed by atoms with Crippen molar-refractivity contribution >= 4 is 29.4 Å². The molecule has 3 aromatic carbocycles. The lowest BCUT2D eigenvalue weighted by atomic mass is 9.93. The molecule has 0 radical (unpaired) electrons. The monoisotopic (exact) mass is 1650 g/mol. The molecule has 6 heterocycles. The first-order valence-electron chi connectivity index (χ1n) is 38.7. The van der Waals surface area contributed by atoms with Gasteiger partial charge in [-0.1, -0.05) is 48.5 Å². The lowest BCUT2D eigenvalue weighted by Gasteiger charge is -2.51. The quantitative estimate of drug-likeness (QED) is 0.0445. The van der Waals surface area contributed by atoms with E-state index in [1.165, 1.54) is 121 Å². The molecular weight excluding hydrogens is 1530 g/mol. The number of esters is 1. The van der Waals surface area contributed by atoms with E-state index >= 15 is 0 Å². The predicted molar refractivity (Wildman–Crippen MR) is 405 cm³/mol. The van der Waals surface area contributed by atoms with Gasteiger partial charge >= 0.3 is 5.97 Å². The molecule has 116 heavy (non-hydrogen) atoms. The highest BCUT2D eigenvalue weighted by molar-refractivity contribution is 5.82. The van der Waals surface area contributed by atoms with Crippen LogP contribution in [0, 0.1) is 0 Å². The van der Waals surface area contributed by atoms with Gasteiger partial charge in [0.15, 0.2) is 37.6 Å². The number of carbonyl (C=O) groups is 4. The van der Waals surface area contributed by atoms with E-state index in [-0.39, 0.29) is 81.8 Å². The van der Waals surface area contributed by atoms with E-state index in [2.05, 4.69) is 33.4 Å². The second-order valence-electron chi connectivity index (χ2n) is 29.3. The summed E-state index contributed by atoms with van der Waals surface area (Å²) in [6.07, 6.45) is -28.4. The van der Waals surface area contributed by atoms with E-state index in [0.29, 0.717) is 0 Å². The maximum Gasteiger partial charge on any atom is 0.306 e. The Morgan fingerprint density at radius 2 is 0.707 bits per heavy atom. The Bertz CT molecular complexity index is 3630. The van der Waals surface area contributed by atoms with Gasteiger partial charge in [-0.3, -0.25) is 28.8 Å². The predicted octanol–water partition coefficient (Wildman–Crippen LogP) is 0.564. The number of hydrogen-bond donors (Lipinski definition) is 4. The molecule has 0 aromatic heterocycles. The van der Waals surface area contributed by atoms with Gasteiger partial charge in [0.05, 0.1) is 62.8 Å². The molecular formula is C79H118N4O33. The van der Waals surface area contributed by atoms with Crippen molar-refractivity contribution in [3.8, 4) is 11.1 Å². The summed E-state index contributed by atoms with van der Waals surface area (Å²) < 4.78 is 168. The van der Waals surface area contributed by atoms with Gasteiger partial charge in [-0.25, -0.2) is 0 Å². The van der Waals surface area contributed by atoms with Crippen LogP contribution in [0.25, 0.3) is 11.1 Å². The summed E-state index contributed by atoms with van der Waals surface area (Å²) in [4.78, 5) is 80.5. The lowest BCUT2D eigenvalue weighted by molar-refractivity contribution is -0.374. The Morgan fingerprint density at radius 3 is 1.09 bits per heavy atom. The first kappa shape index (κ1) is 92.4. The fraction of sp³-hybridized carbons (Fsp3) is 0.747. The molecule has 7 aliphatic rings. The van der Waals surface area contributed by atoms with E-state index in [4.69, 9.17) is 128 Å². The molecule has 6 aliphatic heterocycles. The van der Waals surface area contributed by atoms with Gasteiger partial charge in [-0.2, -0.15) is 0 Å². The smallest absolute Gasteiger partial charge is 0.306 e. The fourth-order valence-corrected chi connectivity index (χ4v) is 17.1. The van der Waals surface area contributed by atoms with Crippen LogP contribution in [0.4, 0.5) is 5.69 Å². The summed E-state index contributed by atoms with van der Waals surface area (Å²) in [5.41, 5.74) is 2.72. The van der Waals surface area contributed by atoms with Gasteiger partial charge in [0.2, 0.25) is 28.6 Å². The number of carbonyl (C=O) groups excluding carboxylic acids is 4. The molecule has 28 unspecified atom stereocenters. The Morgan fingerprint density at radius 1 is 0.362 bits per heavy atom. The van der Waals surface area contributed by atoms with Crippen LogP contribution in [0.3, 0.4) is 0 Å². The average Bonchev–Trinajstić information content (AvgIpc) is 1.48. The van der Waals surface area contributed by atoms with Crippen molar-refractivity contribution in [3.63, 3.8) is 0 Å². The Kier molecular flexibility index (Phi) is 34.7. The van der Waals surface area contributed by atoms with Crippen LogP contribution < -0.4 is 32.1 Å². The molecule has 652 valence electrons. The minimum atomic E-state index is -1.24. The van der Waals surface area contributed by atoms with Crippen LogP contribution in [0.15, 0.2) is 58.1 Å². The first-order chi connectivity index (χ1) is 56.1. The summed E-state index contributed by atoms with van der Waals surface area (Å²) >= 11 is 0. The highest BCUT2D eigenvalue weighted by atomic mass is 16.8. The molecule has 0 bridgehead atoms. The largest absolute Gasteiger partial charge is 0.465 e. The number of rotatable bonds is 41. The van der Waals surface area contributed by atoms with Gasteiger partial charge < -0.3 is 149 Å². The van der Waals surface area contributed by atoms with Crippen molar-refractivity contribution in [2.24, 2.45) is 0 Å². The van der Waals surface area contributed by atoms with Crippen LogP contribution >= 0.6 is 0 Å². The minimum absolute atomic E-state index is 0.0196. The number of methoxy groups -OCH3 is 16. The Balaban J connectivity index is 0.754. The molecule has 3 amide bonds. The van der Waals surface area contributed by atoms with Crippen LogP contribution in [-0.4, -0.2) is 354 Å². The van der Waals surface area contributed by atoms with Crippen molar-refractivity contribution in [2.75, 3.05) is 152 Å². The highest BCUT2D eigenvalue weighted by Crippen LogP contribution is 2.46. The number of benzene rings is 2. The standard InChI is InChI=1S/C79H118N4O33/c1-37-53(80-39(3)84)62(94-8)70(102-16)76(107-37)113-60-48(35-92-6)111-78(72(104-18)66(60)98-12)115-58-46(33-90-4)109-74(68(100-14)64(58)96-10)81-50(85)29-28-44-55(57(89)56(44)88)83-54-38(2)108-77(71(103-17)63(54)95-9)114-61-49(36-93-7)112-79(73(105-19)67(61)99-13)116-59-47(34-91-5)110-75(69(101-15)65(59)97-11)82-51(86)30-31-52(87)106-32-45-42-26-22-20-24-40(42)41-25-21-23-27-43(41)45/h20-27,37-38,45-49,53-54,58-79,83H,28-36H2,1-19H3,(H,80,84)(H,81,85)(H,82,86)/t37?,38?,46?,47?,48?,49?,53-,54-,58?,59?,60?,61?,62?,63?,64?,65?,66?,67?,68?,69?,70?,71?,72?,73?,74?,75?,76?,77?,78?,79?/m1/s1. The van der Waals surface area contributed by atoms with Gasteiger partial charge in [-0.05, 0) is 42.5 Å². The Hall–Kier alpha value is -5.84. The topological polar surface area (TPSA) is 400 Å². The number of nitrogens with one attached hydrogen (secondary N) is 4. The van der Waals surface area contributed by atoms with Crippen molar-refractivity contribution in [2.45, 2.75) is 236 Å².